The molecule has 1 aliphatic carbocycles. The van der Waals surface area contributed by atoms with Crippen molar-refractivity contribution in [3.8, 4) is 0 Å². The van der Waals surface area contributed by atoms with Gasteiger partial charge >= 0.3 is 0 Å². The molecule has 0 radical (unpaired) electrons. The number of carbonyl (C=O) groups is 1. The fourth-order valence-corrected chi connectivity index (χ4v) is 3.21. The van der Waals surface area contributed by atoms with E-state index in [1.165, 1.54) is 24.3 Å². The van der Waals surface area contributed by atoms with Gasteiger partial charge in [0.25, 0.3) is 0 Å². The average molecular weight is 301 g/mol. The highest BCUT2D eigenvalue weighted by Crippen LogP contribution is 2.42. The minimum atomic E-state index is -0.653. The van der Waals surface area contributed by atoms with E-state index < -0.39 is 5.41 Å². The van der Waals surface area contributed by atoms with Crippen molar-refractivity contribution in [2.75, 3.05) is 5.32 Å². The molecular weight excluding hydrogens is 284 g/mol. The van der Waals surface area contributed by atoms with Crippen LogP contribution in [0.25, 0.3) is 0 Å². The predicted octanol–water partition coefficient (Wildman–Crippen LogP) is 4.42. The van der Waals surface area contributed by atoms with E-state index in [0.29, 0.717) is 5.69 Å². The zero-order valence-corrected chi connectivity index (χ0v) is 12.1. The van der Waals surface area contributed by atoms with Gasteiger partial charge in [-0.2, -0.15) is 0 Å². The highest BCUT2D eigenvalue weighted by molar-refractivity contribution is 5.99. The summed E-state index contributed by atoms with van der Waals surface area (Å²) in [7, 11) is 0. The second-order valence-corrected chi connectivity index (χ2v) is 5.76. The quantitative estimate of drug-likeness (QED) is 0.893. The van der Waals surface area contributed by atoms with E-state index in [0.717, 1.165) is 31.2 Å². The Morgan fingerprint density at radius 1 is 0.955 bits per heavy atom. The summed E-state index contributed by atoms with van der Waals surface area (Å²) in [6, 6.07) is 12.0. The van der Waals surface area contributed by atoms with Crippen molar-refractivity contribution in [3.63, 3.8) is 0 Å². The van der Waals surface area contributed by atoms with Crippen molar-refractivity contribution in [1.29, 1.82) is 0 Å². The Balaban J connectivity index is 1.90. The number of hydrogen-bond acceptors (Lipinski definition) is 1. The molecule has 0 bridgehead atoms. The molecular formula is C18H17F2NO. The molecule has 0 spiro atoms. The minimum absolute atomic E-state index is 0.151. The normalized spacial score (nSPS) is 16.5. The van der Waals surface area contributed by atoms with Gasteiger partial charge in [-0.3, -0.25) is 4.79 Å². The van der Waals surface area contributed by atoms with E-state index in [1.807, 2.05) is 0 Å². The smallest absolute Gasteiger partial charge is 0.235 e. The van der Waals surface area contributed by atoms with Crippen LogP contribution in [0.3, 0.4) is 0 Å². The Morgan fingerprint density at radius 2 is 1.64 bits per heavy atom. The Labute approximate surface area is 128 Å². The first-order chi connectivity index (χ1) is 10.6. The van der Waals surface area contributed by atoms with Crippen LogP contribution < -0.4 is 5.32 Å². The van der Waals surface area contributed by atoms with Crippen molar-refractivity contribution in [1.82, 2.24) is 0 Å². The van der Waals surface area contributed by atoms with Gasteiger partial charge in [-0.25, -0.2) is 8.78 Å². The molecule has 1 N–H and O–H groups in total. The first-order valence-corrected chi connectivity index (χ1v) is 7.43. The molecule has 0 aliphatic heterocycles. The van der Waals surface area contributed by atoms with Crippen LogP contribution in [0.5, 0.6) is 0 Å². The van der Waals surface area contributed by atoms with Crippen LogP contribution in [-0.4, -0.2) is 5.91 Å². The van der Waals surface area contributed by atoms with Crippen LogP contribution in [-0.2, 0) is 10.2 Å². The standard InChI is InChI=1S/C18H17F2NO/c19-14-8-6-13(7-9-14)18(10-1-2-11-18)17(22)21-16-5-3-4-15(20)12-16/h3-9,12H,1-2,10-11H2,(H,21,22). The molecule has 114 valence electrons. The molecule has 0 unspecified atom stereocenters. The van der Waals surface area contributed by atoms with Crippen LogP contribution in [0, 0.1) is 11.6 Å². The molecule has 0 saturated heterocycles. The van der Waals surface area contributed by atoms with Crippen molar-refractivity contribution in [2.45, 2.75) is 31.1 Å². The molecule has 0 heterocycles. The molecule has 1 aliphatic rings. The van der Waals surface area contributed by atoms with Crippen LogP contribution in [0.15, 0.2) is 48.5 Å². The summed E-state index contributed by atoms with van der Waals surface area (Å²) in [5.74, 6) is -0.857. The maximum atomic E-state index is 13.3. The summed E-state index contributed by atoms with van der Waals surface area (Å²) in [6.07, 6.45) is 3.35. The number of hydrogen-bond donors (Lipinski definition) is 1. The first kappa shape index (κ1) is 14.7. The van der Waals surface area contributed by atoms with E-state index in [4.69, 9.17) is 0 Å². The van der Waals surface area contributed by atoms with Gasteiger partial charge in [0.15, 0.2) is 0 Å². The molecule has 1 saturated carbocycles. The monoisotopic (exact) mass is 301 g/mol. The number of anilines is 1. The summed E-state index contributed by atoms with van der Waals surface area (Å²) in [6.45, 7) is 0. The lowest BCUT2D eigenvalue weighted by Gasteiger charge is -2.28. The summed E-state index contributed by atoms with van der Waals surface area (Å²) in [5.41, 5.74) is 0.610. The zero-order chi connectivity index (χ0) is 15.6. The molecule has 2 aromatic carbocycles. The SMILES string of the molecule is O=C(Nc1cccc(F)c1)C1(c2ccc(F)cc2)CCCC1. The molecule has 1 amide bonds. The van der Waals surface area contributed by atoms with Crippen LogP contribution in [0.4, 0.5) is 14.5 Å². The van der Waals surface area contributed by atoms with Gasteiger partial charge in [-0.15, -0.1) is 0 Å². The maximum Gasteiger partial charge on any atom is 0.235 e. The number of nitrogens with one attached hydrogen (secondary N) is 1. The van der Waals surface area contributed by atoms with E-state index in [1.54, 1.807) is 24.3 Å². The number of rotatable bonds is 3. The minimum Gasteiger partial charge on any atom is -0.325 e. The fraction of sp³-hybridized carbons (Fsp3) is 0.278. The highest BCUT2D eigenvalue weighted by Gasteiger charge is 2.42. The number of amides is 1. The van der Waals surface area contributed by atoms with Gasteiger partial charge in [0, 0.05) is 5.69 Å². The Morgan fingerprint density at radius 3 is 2.27 bits per heavy atom. The van der Waals surface area contributed by atoms with Gasteiger partial charge in [0.1, 0.15) is 11.6 Å². The largest absolute Gasteiger partial charge is 0.325 e. The van der Waals surface area contributed by atoms with E-state index in [9.17, 15) is 13.6 Å². The van der Waals surface area contributed by atoms with Crippen molar-refractivity contribution in [3.05, 3.63) is 65.7 Å². The zero-order valence-electron chi connectivity index (χ0n) is 12.1. The molecule has 2 nitrogen and oxygen atoms in total. The summed E-state index contributed by atoms with van der Waals surface area (Å²) in [5, 5.41) is 2.81. The number of benzene rings is 2. The molecule has 3 rings (SSSR count). The van der Waals surface area contributed by atoms with Gasteiger partial charge in [-0.05, 0) is 48.7 Å². The molecule has 1 fully saturated rings. The lowest BCUT2D eigenvalue weighted by atomic mass is 9.78. The lowest BCUT2D eigenvalue weighted by molar-refractivity contribution is -0.121. The second-order valence-electron chi connectivity index (χ2n) is 5.76. The number of carbonyl (C=O) groups excluding carboxylic acids is 1. The van der Waals surface area contributed by atoms with Gasteiger partial charge in [0.2, 0.25) is 5.91 Å². The second kappa shape index (κ2) is 5.87. The topological polar surface area (TPSA) is 29.1 Å². The number of halogens is 2. The fourth-order valence-electron chi connectivity index (χ4n) is 3.21. The van der Waals surface area contributed by atoms with Crippen LogP contribution >= 0.6 is 0 Å². The summed E-state index contributed by atoms with van der Waals surface area (Å²) in [4.78, 5) is 12.8. The Hall–Kier alpha value is -2.23. The molecule has 2 aromatic rings. The third-order valence-corrected chi connectivity index (χ3v) is 4.37. The van der Waals surface area contributed by atoms with Crippen LogP contribution in [0.1, 0.15) is 31.2 Å². The van der Waals surface area contributed by atoms with E-state index in [-0.39, 0.29) is 17.5 Å². The van der Waals surface area contributed by atoms with Gasteiger partial charge in [0.05, 0.1) is 5.41 Å². The molecule has 4 heteroatoms. The van der Waals surface area contributed by atoms with Crippen molar-refractivity contribution < 1.29 is 13.6 Å². The Bertz CT molecular complexity index is 676. The van der Waals surface area contributed by atoms with E-state index in [2.05, 4.69) is 5.32 Å². The van der Waals surface area contributed by atoms with Crippen LogP contribution in [0.2, 0.25) is 0 Å². The third-order valence-electron chi connectivity index (χ3n) is 4.37. The van der Waals surface area contributed by atoms with Crippen molar-refractivity contribution in [2.24, 2.45) is 0 Å². The van der Waals surface area contributed by atoms with E-state index >= 15 is 0 Å². The molecule has 0 atom stereocenters. The Kier molecular flexibility index (Phi) is 3.92. The predicted molar refractivity (Wildman–Crippen MR) is 81.6 cm³/mol. The average Bonchev–Trinajstić information content (AvgIpc) is 2.99. The lowest BCUT2D eigenvalue weighted by Crippen LogP contribution is -2.38. The van der Waals surface area contributed by atoms with Gasteiger partial charge < -0.3 is 5.32 Å². The first-order valence-electron chi connectivity index (χ1n) is 7.43. The molecule has 0 aromatic heterocycles. The summed E-state index contributed by atoms with van der Waals surface area (Å²) >= 11 is 0. The molecule has 22 heavy (non-hydrogen) atoms. The third kappa shape index (κ3) is 2.73. The van der Waals surface area contributed by atoms with Crippen molar-refractivity contribution >= 4 is 11.6 Å². The maximum absolute atomic E-state index is 13.3. The summed E-state index contributed by atoms with van der Waals surface area (Å²) < 4.78 is 26.4. The van der Waals surface area contributed by atoms with Gasteiger partial charge in [-0.1, -0.05) is 31.0 Å². The highest BCUT2D eigenvalue weighted by atomic mass is 19.1.